The van der Waals surface area contributed by atoms with Crippen molar-refractivity contribution in [3.05, 3.63) is 12.4 Å². The lowest BCUT2D eigenvalue weighted by Gasteiger charge is -2.18. The first kappa shape index (κ1) is 11.4. The molecule has 2 rings (SSSR count). The summed E-state index contributed by atoms with van der Waals surface area (Å²) < 4.78 is 7.29. The lowest BCUT2D eigenvalue weighted by molar-refractivity contribution is 0.183. The molecule has 0 amide bonds. The molecule has 1 saturated heterocycles. The van der Waals surface area contributed by atoms with Gasteiger partial charge in [0.25, 0.3) is 0 Å². The van der Waals surface area contributed by atoms with Crippen LogP contribution in [0.25, 0.3) is 0 Å². The molecule has 5 heteroatoms. The van der Waals surface area contributed by atoms with E-state index < -0.39 is 0 Å². The fourth-order valence-electron chi connectivity index (χ4n) is 2.05. The van der Waals surface area contributed by atoms with E-state index >= 15 is 0 Å². The second kappa shape index (κ2) is 5.32. The molecule has 1 aliphatic heterocycles. The minimum atomic E-state index is 0.481. The van der Waals surface area contributed by atoms with E-state index in [1.807, 2.05) is 19.4 Å². The Kier molecular flexibility index (Phi) is 3.79. The zero-order valence-electron chi connectivity index (χ0n) is 9.94. The highest BCUT2D eigenvalue weighted by atomic mass is 16.5. The Labute approximate surface area is 96.2 Å². The zero-order chi connectivity index (χ0) is 11.4. The highest BCUT2D eigenvalue weighted by Gasteiger charge is 2.26. The van der Waals surface area contributed by atoms with E-state index in [4.69, 9.17) is 4.74 Å². The average molecular weight is 224 g/mol. The first-order valence-electron chi connectivity index (χ1n) is 5.83. The molecule has 1 aromatic rings. The minimum Gasteiger partial charge on any atom is -0.382 e. The molecule has 16 heavy (non-hydrogen) atoms. The van der Waals surface area contributed by atoms with Gasteiger partial charge in [-0.1, -0.05) is 6.92 Å². The lowest BCUT2D eigenvalue weighted by atomic mass is 10.0. The Balaban J connectivity index is 1.80. The summed E-state index contributed by atoms with van der Waals surface area (Å²) in [6, 6.07) is 0.481. The van der Waals surface area contributed by atoms with Crippen molar-refractivity contribution in [1.82, 2.24) is 15.1 Å². The first-order valence-corrected chi connectivity index (χ1v) is 5.83. The molecule has 1 aliphatic rings. The Morgan fingerprint density at radius 1 is 1.56 bits per heavy atom. The molecule has 0 radical (unpaired) electrons. The molecule has 1 aromatic heterocycles. The van der Waals surface area contributed by atoms with Crippen molar-refractivity contribution in [2.75, 3.05) is 31.6 Å². The van der Waals surface area contributed by atoms with Gasteiger partial charge in [0.2, 0.25) is 0 Å². The molecule has 0 aliphatic carbocycles. The Morgan fingerprint density at radius 3 is 3.12 bits per heavy atom. The average Bonchev–Trinajstić information content (AvgIpc) is 2.85. The van der Waals surface area contributed by atoms with Crippen LogP contribution >= 0.6 is 0 Å². The van der Waals surface area contributed by atoms with Crippen molar-refractivity contribution >= 4 is 5.69 Å². The highest BCUT2D eigenvalue weighted by molar-refractivity contribution is 5.38. The molecule has 0 bridgehead atoms. The van der Waals surface area contributed by atoms with Gasteiger partial charge in [-0.3, -0.25) is 4.68 Å². The van der Waals surface area contributed by atoms with Crippen molar-refractivity contribution in [3.8, 4) is 0 Å². The Hall–Kier alpha value is -1.07. The van der Waals surface area contributed by atoms with E-state index in [1.165, 1.54) is 0 Å². The normalized spacial score (nSPS) is 24.9. The van der Waals surface area contributed by atoms with Crippen LogP contribution in [-0.2, 0) is 11.8 Å². The molecule has 5 nitrogen and oxygen atoms in total. The highest BCUT2D eigenvalue weighted by Crippen LogP contribution is 2.15. The van der Waals surface area contributed by atoms with Crippen LogP contribution in [0.15, 0.2) is 12.4 Å². The van der Waals surface area contributed by atoms with Crippen molar-refractivity contribution in [2.24, 2.45) is 13.0 Å². The van der Waals surface area contributed by atoms with Crippen LogP contribution in [0, 0.1) is 5.92 Å². The number of likely N-dealkylation sites (N-methyl/N-ethyl adjacent to an activating group) is 1. The number of hydrogen-bond donors (Lipinski definition) is 2. The number of aryl methyl sites for hydroxylation is 1. The number of aromatic nitrogens is 2. The number of hydrogen-bond acceptors (Lipinski definition) is 4. The van der Waals surface area contributed by atoms with E-state index in [-0.39, 0.29) is 0 Å². The summed E-state index contributed by atoms with van der Waals surface area (Å²) in [5.41, 5.74) is 1.07. The van der Waals surface area contributed by atoms with Gasteiger partial charge in [0.1, 0.15) is 0 Å². The molecule has 90 valence electrons. The number of anilines is 1. The summed E-state index contributed by atoms with van der Waals surface area (Å²) in [6.45, 7) is 5.73. The summed E-state index contributed by atoms with van der Waals surface area (Å²) >= 11 is 0. The molecule has 2 atom stereocenters. The molecule has 0 aromatic carbocycles. The summed E-state index contributed by atoms with van der Waals surface area (Å²) in [5, 5.41) is 11.0. The van der Waals surface area contributed by atoms with E-state index in [9.17, 15) is 0 Å². The standard InChI is InChI=1S/C11H20N4O/c1-3-12-11-8-16-7-9(11)4-13-10-5-14-15(2)6-10/h5-6,9,11-13H,3-4,7-8H2,1-2H3. The predicted octanol–water partition coefficient (Wildman–Crippen LogP) is 0.456. The fraction of sp³-hybridized carbons (Fsp3) is 0.727. The maximum absolute atomic E-state index is 5.49. The molecule has 1 fully saturated rings. The third-order valence-corrected chi connectivity index (χ3v) is 2.94. The summed E-state index contributed by atoms with van der Waals surface area (Å²) in [7, 11) is 1.92. The van der Waals surface area contributed by atoms with Gasteiger partial charge in [0.05, 0.1) is 25.1 Å². The van der Waals surface area contributed by atoms with Crippen molar-refractivity contribution in [3.63, 3.8) is 0 Å². The predicted molar refractivity (Wildman–Crippen MR) is 63.5 cm³/mol. The number of nitrogens with one attached hydrogen (secondary N) is 2. The summed E-state index contributed by atoms with van der Waals surface area (Å²) in [4.78, 5) is 0. The molecular formula is C11H20N4O. The zero-order valence-corrected chi connectivity index (χ0v) is 9.94. The third-order valence-electron chi connectivity index (χ3n) is 2.94. The van der Waals surface area contributed by atoms with Gasteiger partial charge in [-0.05, 0) is 6.54 Å². The van der Waals surface area contributed by atoms with Gasteiger partial charge in [-0.15, -0.1) is 0 Å². The molecule has 2 N–H and O–H groups in total. The monoisotopic (exact) mass is 224 g/mol. The number of rotatable bonds is 5. The van der Waals surface area contributed by atoms with Crippen molar-refractivity contribution in [1.29, 1.82) is 0 Å². The van der Waals surface area contributed by atoms with Crippen molar-refractivity contribution in [2.45, 2.75) is 13.0 Å². The van der Waals surface area contributed by atoms with Crippen LogP contribution in [0.2, 0.25) is 0 Å². The van der Waals surface area contributed by atoms with Gasteiger partial charge in [0, 0.05) is 31.7 Å². The third kappa shape index (κ3) is 2.74. The molecule has 2 heterocycles. The SMILES string of the molecule is CCNC1COCC1CNc1cnn(C)c1. The van der Waals surface area contributed by atoms with Gasteiger partial charge in [-0.25, -0.2) is 0 Å². The van der Waals surface area contributed by atoms with Crippen LogP contribution in [-0.4, -0.2) is 42.1 Å². The number of ether oxygens (including phenoxy) is 1. The maximum atomic E-state index is 5.49. The Morgan fingerprint density at radius 2 is 2.44 bits per heavy atom. The van der Waals surface area contributed by atoms with E-state index in [2.05, 4.69) is 22.7 Å². The first-order chi connectivity index (χ1) is 7.79. The van der Waals surface area contributed by atoms with E-state index in [0.29, 0.717) is 12.0 Å². The maximum Gasteiger partial charge on any atom is 0.0726 e. The van der Waals surface area contributed by atoms with Gasteiger partial charge in [0.15, 0.2) is 0 Å². The van der Waals surface area contributed by atoms with Gasteiger partial charge >= 0.3 is 0 Å². The summed E-state index contributed by atoms with van der Waals surface area (Å²) in [5.74, 6) is 0.542. The molecule has 2 unspecified atom stereocenters. The minimum absolute atomic E-state index is 0.481. The van der Waals surface area contributed by atoms with E-state index in [0.717, 1.165) is 32.0 Å². The topological polar surface area (TPSA) is 51.1 Å². The fourth-order valence-corrected chi connectivity index (χ4v) is 2.05. The number of nitrogens with zero attached hydrogens (tertiary/aromatic N) is 2. The summed E-state index contributed by atoms with van der Waals surface area (Å²) in [6.07, 6.45) is 3.83. The molecular weight excluding hydrogens is 204 g/mol. The Bertz CT molecular complexity index is 326. The molecule has 0 saturated carbocycles. The largest absolute Gasteiger partial charge is 0.382 e. The lowest BCUT2D eigenvalue weighted by Crippen LogP contribution is -2.38. The quantitative estimate of drug-likeness (QED) is 0.763. The van der Waals surface area contributed by atoms with Crippen LogP contribution in [0.5, 0.6) is 0 Å². The van der Waals surface area contributed by atoms with Crippen LogP contribution < -0.4 is 10.6 Å². The smallest absolute Gasteiger partial charge is 0.0726 e. The van der Waals surface area contributed by atoms with Crippen LogP contribution in [0.3, 0.4) is 0 Å². The second-order valence-corrected chi connectivity index (χ2v) is 4.25. The van der Waals surface area contributed by atoms with Gasteiger partial charge in [-0.2, -0.15) is 5.10 Å². The van der Waals surface area contributed by atoms with Crippen LogP contribution in [0.4, 0.5) is 5.69 Å². The van der Waals surface area contributed by atoms with Crippen LogP contribution in [0.1, 0.15) is 6.92 Å². The van der Waals surface area contributed by atoms with E-state index in [1.54, 1.807) is 4.68 Å². The van der Waals surface area contributed by atoms with Crippen molar-refractivity contribution < 1.29 is 4.74 Å². The molecule has 0 spiro atoms. The second-order valence-electron chi connectivity index (χ2n) is 4.25. The van der Waals surface area contributed by atoms with Gasteiger partial charge < -0.3 is 15.4 Å².